The van der Waals surface area contributed by atoms with Crippen molar-refractivity contribution in [2.24, 2.45) is 0 Å². The Morgan fingerprint density at radius 2 is 1.56 bits per heavy atom. The van der Waals surface area contributed by atoms with Crippen LogP contribution < -0.4 is 9.47 Å². The minimum atomic E-state index is -0.396. The van der Waals surface area contributed by atoms with Gasteiger partial charge in [0.2, 0.25) is 0 Å². The van der Waals surface area contributed by atoms with Crippen LogP contribution in [0.25, 0.3) is 26.6 Å². The maximum Gasteiger partial charge on any atom is 0.330 e. The van der Waals surface area contributed by atoms with E-state index in [9.17, 15) is 9.59 Å². The second kappa shape index (κ2) is 10.4. The Kier molecular flexibility index (Phi) is 7.09. The fourth-order valence-corrected chi connectivity index (χ4v) is 4.85. The van der Waals surface area contributed by atoms with Crippen LogP contribution in [0.2, 0.25) is 0 Å². The minimum absolute atomic E-state index is 0.0665. The van der Waals surface area contributed by atoms with Crippen LogP contribution in [-0.2, 0) is 9.53 Å². The molecule has 0 saturated heterocycles. The van der Waals surface area contributed by atoms with E-state index < -0.39 is 5.97 Å². The van der Waals surface area contributed by atoms with Crippen molar-refractivity contribution < 1.29 is 23.8 Å². The molecular formula is C28H24O5S. The van der Waals surface area contributed by atoms with Gasteiger partial charge < -0.3 is 14.2 Å². The van der Waals surface area contributed by atoms with Crippen LogP contribution in [-0.4, -0.2) is 32.6 Å². The standard InChI is InChI=1S/C28H24O5S/c1-4-33-25(29)16-7-18-5-8-19(9-6-18)27(30)26-23-15-14-22(32-3)17-24(23)34-28(26)20-10-12-21(31-2)13-11-20/h5-17H,4H2,1-3H3/b16-7-. The molecule has 0 radical (unpaired) electrons. The van der Waals surface area contributed by atoms with Crippen LogP contribution in [0.3, 0.4) is 0 Å². The largest absolute Gasteiger partial charge is 0.497 e. The highest BCUT2D eigenvalue weighted by atomic mass is 32.1. The maximum absolute atomic E-state index is 13.7. The van der Waals surface area contributed by atoms with Crippen LogP contribution in [0, 0.1) is 0 Å². The predicted octanol–water partition coefficient (Wildman–Crippen LogP) is 6.39. The molecule has 0 atom stereocenters. The van der Waals surface area contributed by atoms with Crippen molar-refractivity contribution in [3.8, 4) is 21.9 Å². The summed E-state index contributed by atoms with van der Waals surface area (Å²) >= 11 is 1.56. The van der Waals surface area contributed by atoms with Crippen LogP contribution in [0.15, 0.2) is 72.8 Å². The van der Waals surface area contributed by atoms with Gasteiger partial charge in [0.25, 0.3) is 0 Å². The predicted molar refractivity (Wildman–Crippen MR) is 136 cm³/mol. The smallest absolute Gasteiger partial charge is 0.330 e. The average molecular weight is 473 g/mol. The van der Waals surface area contributed by atoms with Gasteiger partial charge in [-0.2, -0.15) is 0 Å². The summed E-state index contributed by atoms with van der Waals surface area (Å²) in [6, 6.07) is 20.6. The first-order valence-corrected chi connectivity index (χ1v) is 11.6. The monoisotopic (exact) mass is 472 g/mol. The van der Waals surface area contributed by atoms with E-state index in [-0.39, 0.29) is 5.78 Å². The van der Waals surface area contributed by atoms with Crippen molar-refractivity contribution in [2.75, 3.05) is 20.8 Å². The van der Waals surface area contributed by atoms with Gasteiger partial charge in [-0.25, -0.2) is 4.79 Å². The molecule has 172 valence electrons. The molecule has 0 aliphatic rings. The lowest BCUT2D eigenvalue weighted by atomic mass is 9.97. The Morgan fingerprint density at radius 1 is 0.882 bits per heavy atom. The summed E-state index contributed by atoms with van der Waals surface area (Å²) in [6.45, 7) is 2.09. The van der Waals surface area contributed by atoms with Gasteiger partial charge in [0, 0.05) is 32.2 Å². The van der Waals surface area contributed by atoms with Crippen molar-refractivity contribution in [3.05, 3.63) is 89.5 Å². The lowest BCUT2D eigenvalue weighted by Crippen LogP contribution is -2.02. The summed E-state index contributed by atoms with van der Waals surface area (Å²) < 4.78 is 16.6. The molecule has 4 rings (SSSR count). The summed E-state index contributed by atoms with van der Waals surface area (Å²) in [5.41, 5.74) is 2.97. The third-order valence-corrected chi connectivity index (χ3v) is 6.55. The molecule has 0 aliphatic carbocycles. The molecule has 1 heterocycles. The Labute approximate surface area is 202 Å². The van der Waals surface area contributed by atoms with Crippen LogP contribution in [0.4, 0.5) is 0 Å². The number of fused-ring (bicyclic) bond motifs is 1. The molecule has 0 bridgehead atoms. The van der Waals surface area contributed by atoms with E-state index in [4.69, 9.17) is 14.2 Å². The van der Waals surface area contributed by atoms with Gasteiger partial charge in [-0.05, 0) is 66.6 Å². The number of esters is 1. The van der Waals surface area contributed by atoms with Gasteiger partial charge in [0.05, 0.1) is 20.8 Å². The van der Waals surface area contributed by atoms with Crippen LogP contribution in [0.1, 0.15) is 28.4 Å². The number of methoxy groups -OCH3 is 2. The first-order valence-electron chi connectivity index (χ1n) is 10.8. The quantitative estimate of drug-likeness (QED) is 0.169. The number of thiophene rings is 1. The van der Waals surface area contributed by atoms with Crippen LogP contribution >= 0.6 is 11.3 Å². The van der Waals surface area contributed by atoms with Gasteiger partial charge in [-0.1, -0.05) is 24.3 Å². The number of carbonyl (C=O) groups excluding carboxylic acids is 2. The molecule has 0 fully saturated rings. The Hall–Kier alpha value is -3.90. The summed E-state index contributed by atoms with van der Waals surface area (Å²) in [4.78, 5) is 26.2. The normalized spacial score (nSPS) is 11.0. The highest BCUT2D eigenvalue weighted by Gasteiger charge is 2.22. The molecule has 3 aromatic carbocycles. The molecule has 0 spiro atoms. The van der Waals surface area contributed by atoms with E-state index in [0.29, 0.717) is 17.7 Å². The first kappa shape index (κ1) is 23.3. The van der Waals surface area contributed by atoms with Gasteiger partial charge in [-0.15, -0.1) is 11.3 Å². The second-order valence-corrected chi connectivity index (χ2v) is 8.49. The number of benzene rings is 3. The van der Waals surface area contributed by atoms with Crippen molar-refractivity contribution in [1.29, 1.82) is 0 Å². The van der Waals surface area contributed by atoms with E-state index in [0.717, 1.165) is 37.6 Å². The van der Waals surface area contributed by atoms with Gasteiger partial charge >= 0.3 is 5.97 Å². The zero-order valence-electron chi connectivity index (χ0n) is 19.2. The summed E-state index contributed by atoms with van der Waals surface area (Å²) in [6.07, 6.45) is 3.04. The molecule has 0 unspecified atom stereocenters. The Bertz CT molecular complexity index is 1350. The molecule has 0 N–H and O–H groups in total. The fourth-order valence-electron chi connectivity index (χ4n) is 3.62. The molecule has 5 nitrogen and oxygen atoms in total. The minimum Gasteiger partial charge on any atom is -0.497 e. The molecular weight excluding hydrogens is 448 g/mol. The summed E-state index contributed by atoms with van der Waals surface area (Å²) in [7, 11) is 3.25. The number of ether oxygens (including phenoxy) is 3. The molecule has 34 heavy (non-hydrogen) atoms. The Morgan fingerprint density at radius 3 is 2.21 bits per heavy atom. The van der Waals surface area contributed by atoms with E-state index >= 15 is 0 Å². The van der Waals surface area contributed by atoms with Crippen molar-refractivity contribution in [3.63, 3.8) is 0 Å². The van der Waals surface area contributed by atoms with Gasteiger partial charge in [0.15, 0.2) is 5.78 Å². The molecule has 0 aliphatic heterocycles. The van der Waals surface area contributed by atoms with Crippen molar-refractivity contribution >= 4 is 39.3 Å². The van der Waals surface area contributed by atoms with Crippen molar-refractivity contribution in [1.82, 2.24) is 0 Å². The van der Waals surface area contributed by atoms with Crippen molar-refractivity contribution in [2.45, 2.75) is 6.92 Å². The van der Waals surface area contributed by atoms with Crippen LogP contribution in [0.5, 0.6) is 11.5 Å². The molecule has 1 aromatic heterocycles. The highest BCUT2D eigenvalue weighted by Crippen LogP contribution is 2.41. The van der Waals surface area contributed by atoms with E-state index in [1.54, 1.807) is 50.7 Å². The molecule has 4 aromatic rings. The number of rotatable bonds is 8. The molecule has 0 amide bonds. The zero-order valence-corrected chi connectivity index (χ0v) is 20.0. The van der Waals surface area contributed by atoms with E-state index in [1.165, 1.54) is 6.08 Å². The number of ketones is 1. The average Bonchev–Trinajstić information content (AvgIpc) is 3.26. The topological polar surface area (TPSA) is 61.8 Å². The fraction of sp³-hybridized carbons (Fsp3) is 0.143. The molecule has 6 heteroatoms. The number of hydrogen-bond acceptors (Lipinski definition) is 6. The highest BCUT2D eigenvalue weighted by molar-refractivity contribution is 7.22. The first-order chi connectivity index (χ1) is 16.5. The lowest BCUT2D eigenvalue weighted by Gasteiger charge is -2.07. The lowest BCUT2D eigenvalue weighted by molar-refractivity contribution is -0.137. The SMILES string of the molecule is CCOC(=O)/C=C\c1ccc(C(=O)c2c(-c3ccc(OC)cc3)sc3cc(OC)ccc23)cc1. The van der Waals surface area contributed by atoms with E-state index in [1.807, 2.05) is 54.6 Å². The number of hydrogen-bond donors (Lipinski definition) is 0. The zero-order chi connectivity index (χ0) is 24.1. The second-order valence-electron chi connectivity index (χ2n) is 7.43. The summed E-state index contributed by atoms with van der Waals surface area (Å²) in [5.74, 6) is 1.03. The number of carbonyl (C=O) groups is 2. The summed E-state index contributed by atoms with van der Waals surface area (Å²) in [5, 5.41) is 0.882. The van der Waals surface area contributed by atoms with Gasteiger partial charge in [-0.3, -0.25) is 4.79 Å². The van der Waals surface area contributed by atoms with Gasteiger partial charge in [0.1, 0.15) is 11.5 Å². The maximum atomic E-state index is 13.7. The van der Waals surface area contributed by atoms with E-state index in [2.05, 4.69) is 0 Å². The third-order valence-electron chi connectivity index (χ3n) is 5.35. The Balaban J connectivity index is 1.74. The molecule has 0 saturated carbocycles. The third kappa shape index (κ3) is 4.87.